The molecule has 0 bridgehead atoms. The summed E-state index contributed by atoms with van der Waals surface area (Å²) in [6, 6.07) is 9.61. The van der Waals surface area contributed by atoms with Gasteiger partial charge in [0.2, 0.25) is 0 Å². The van der Waals surface area contributed by atoms with Crippen molar-refractivity contribution >= 4 is 55.3 Å². The fraction of sp³-hybridized carbons (Fsp3) is 0.375. The molecule has 4 heterocycles. The van der Waals surface area contributed by atoms with E-state index in [-0.39, 0.29) is 12.1 Å². The summed E-state index contributed by atoms with van der Waals surface area (Å²) < 4.78 is 8.84. The number of nitrogen functional groups attached to an aromatic ring is 1. The van der Waals surface area contributed by atoms with Crippen molar-refractivity contribution in [1.29, 1.82) is 0 Å². The second kappa shape index (κ2) is 8.13. The molecule has 0 amide bonds. The molecule has 1 aromatic carbocycles. The number of rotatable bonds is 3. The van der Waals surface area contributed by atoms with Gasteiger partial charge in [0, 0.05) is 17.0 Å². The predicted octanol–water partition coefficient (Wildman–Crippen LogP) is 3.66. The summed E-state index contributed by atoms with van der Waals surface area (Å²) in [5.74, 6) is 0.457. The molecule has 34 heavy (non-hydrogen) atoms. The molecule has 8 nitrogen and oxygen atoms in total. The molecular formula is C24H23BrClN5O3. The van der Waals surface area contributed by atoms with E-state index in [1.54, 1.807) is 0 Å². The van der Waals surface area contributed by atoms with Crippen LogP contribution in [0, 0.1) is 5.41 Å². The van der Waals surface area contributed by atoms with E-state index in [4.69, 9.17) is 22.1 Å². The topological polar surface area (TPSA) is 119 Å². The minimum absolute atomic E-state index is 0.0657. The van der Waals surface area contributed by atoms with Crippen molar-refractivity contribution in [3.05, 3.63) is 58.0 Å². The Bertz CT molecular complexity index is 1410. The summed E-state index contributed by atoms with van der Waals surface area (Å²) >= 11 is 9.62. The number of ether oxygens (including phenoxy) is 1. The van der Waals surface area contributed by atoms with Gasteiger partial charge in [-0.3, -0.25) is 0 Å². The van der Waals surface area contributed by atoms with E-state index < -0.39 is 17.6 Å². The molecule has 5 atom stereocenters. The minimum atomic E-state index is -0.932. The molecule has 6 rings (SSSR count). The fourth-order valence-electron chi connectivity index (χ4n) is 5.63. The number of hydrogen-bond donors (Lipinski definition) is 3. The lowest BCUT2D eigenvalue weighted by Crippen LogP contribution is -2.37. The largest absolute Gasteiger partial charge is 0.390 e. The van der Waals surface area contributed by atoms with Crippen LogP contribution in [0.4, 0.5) is 5.82 Å². The van der Waals surface area contributed by atoms with Crippen LogP contribution in [-0.2, 0) is 11.2 Å². The number of halogens is 2. The van der Waals surface area contributed by atoms with Crippen LogP contribution in [0.2, 0.25) is 5.15 Å². The SMILES string of the molecule is Nc1nc2cc(CC3CC4(CO3)CC(n3ccc5c(Cl)ncnc53)C(O)C4O)ccc2cc1Br. The highest BCUT2D eigenvalue weighted by Gasteiger charge is 2.57. The number of nitrogens with zero attached hydrogens (tertiary/aromatic N) is 4. The number of aliphatic hydroxyl groups is 2. The average molecular weight is 545 g/mol. The highest BCUT2D eigenvalue weighted by atomic mass is 79.9. The monoisotopic (exact) mass is 543 g/mol. The first-order chi connectivity index (χ1) is 16.3. The van der Waals surface area contributed by atoms with E-state index in [0.717, 1.165) is 26.3 Å². The summed E-state index contributed by atoms with van der Waals surface area (Å²) in [4.78, 5) is 12.8. The molecule has 1 spiro atoms. The Hall–Kier alpha value is -2.30. The zero-order valence-electron chi connectivity index (χ0n) is 18.1. The molecule has 1 saturated heterocycles. The van der Waals surface area contributed by atoms with Gasteiger partial charge in [-0.15, -0.1) is 0 Å². The van der Waals surface area contributed by atoms with Gasteiger partial charge in [0.25, 0.3) is 0 Å². The smallest absolute Gasteiger partial charge is 0.145 e. The molecule has 1 aliphatic carbocycles. The summed E-state index contributed by atoms with van der Waals surface area (Å²) in [7, 11) is 0. The summed E-state index contributed by atoms with van der Waals surface area (Å²) in [6.45, 7) is 0.396. The van der Waals surface area contributed by atoms with Crippen molar-refractivity contribution < 1.29 is 14.9 Å². The maximum Gasteiger partial charge on any atom is 0.145 e. The van der Waals surface area contributed by atoms with Crippen molar-refractivity contribution in [2.45, 2.75) is 43.6 Å². The molecule has 3 aromatic heterocycles. The number of anilines is 1. The number of benzene rings is 1. The van der Waals surface area contributed by atoms with Gasteiger partial charge in [0.1, 0.15) is 29.0 Å². The van der Waals surface area contributed by atoms with Gasteiger partial charge >= 0.3 is 0 Å². The van der Waals surface area contributed by atoms with Gasteiger partial charge in [-0.1, -0.05) is 23.7 Å². The Morgan fingerprint density at radius 3 is 2.91 bits per heavy atom. The molecular weight excluding hydrogens is 522 g/mol. The first-order valence-electron chi connectivity index (χ1n) is 11.1. The molecule has 0 radical (unpaired) electrons. The van der Waals surface area contributed by atoms with Crippen LogP contribution in [0.3, 0.4) is 0 Å². The molecule has 5 unspecified atom stereocenters. The number of nitrogens with two attached hydrogens (primary N) is 1. The Balaban J connectivity index is 1.23. The number of aliphatic hydroxyl groups excluding tert-OH is 2. The third-order valence-corrected chi connectivity index (χ3v) is 8.28. The molecule has 10 heteroatoms. The number of pyridine rings is 1. The minimum Gasteiger partial charge on any atom is -0.390 e. The van der Waals surface area contributed by atoms with Crippen LogP contribution in [-0.4, -0.2) is 54.7 Å². The van der Waals surface area contributed by atoms with E-state index in [9.17, 15) is 10.2 Å². The van der Waals surface area contributed by atoms with Crippen molar-refractivity contribution in [2.75, 3.05) is 12.3 Å². The highest BCUT2D eigenvalue weighted by Crippen LogP contribution is 2.52. The standard InChI is InChI=1S/C24H23BrClN5O3/c25-16-7-13-2-1-12(6-17(13)30-22(16)27)5-14-8-24(10-34-14)9-18(19(32)20(24)33)31-4-3-15-21(26)28-11-29-23(15)31/h1-4,6-7,11,14,18-20,32-33H,5,8-10H2,(H2,27,30). The van der Waals surface area contributed by atoms with E-state index in [1.165, 1.54) is 6.33 Å². The van der Waals surface area contributed by atoms with Crippen molar-refractivity contribution in [3.63, 3.8) is 0 Å². The third-order valence-electron chi connectivity index (χ3n) is 7.35. The first-order valence-corrected chi connectivity index (χ1v) is 12.3. The number of hydrogen-bond acceptors (Lipinski definition) is 7. The van der Waals surface area contributed by atoms with Crippen molar-refractivity contribution in [1.82, 2.24) is 19.5 Å². The van der Waals surface area contributed by atoms with Crippen molar-refractivity contribution in [3.8, 4) is 0 Å². The van der Waals surface area contributed by atoms with Crippen LogP contribution >= 0.6 is 27.5 Å². The Morgan fingerprint density at radius 1 is 1.21 bits per heavy atom. The van der Waals surface area contributed by atoms with Crippen LogP contribution in [0.15, 0.2) is 47.3 Å². The summed E-state index contributed by atoms with van der Waals surface area (Å²) in [5.41, 5.74) is 8.01. The third kappa shape index (κ3) is 3.49. The van der Waals surface area contributed by atoms with Crippen LogP contribution in [0.25, 0.3) is 21.9 Å². The number of fused-ring (bicyclic) bond motifs is 2. The Kier molecular flexibility index (Phi) is 5.31. The molecule has 1 aliphatic heterocycles. The zero-order chi connectivity index (χ0) is 23.6. The number of aromatic nitrogens is 4. The molecule has 1 saturated carbocycles. The molecule has 4 aromatic rings. The van der Waals surface area contributed by atoms with Crippen molar-refractivity contribution in [2.24, 2.45) is 5.41 Å². The summed E-state index contributed by atoms with van der Waals surface area (Å²) in [6.07, 6.45) is 3.30. The first kappa shape index (κ1) is 22.2. The van der Waals surface area contributed by atoms with E-state index in [1.807, 2.05) is 35.0 Å². The maximum absolute atomic E-state index is 11.1. The lowest BCUT2D eigenvalue weighted by Gasteiger charge is -2.26. The van der Waals surface area contributed by atoms with E-state index >= 15 is 0 Å². The Labute approximate surface area is 208 Å². The lowest BCUT2D eigenvalue weighted by molar-refractivity contribution is -0.0308. The summed E-state index contributed by atoms with van der Waals surface area (Å²) in [5, 5.41) is 24.2. The van der Waals surface area contributed by atoms with Gasteiger partial charge in [0.05, 0.1) is 40.2 Å². The normalized spacial score (nSPS) is 29.1. The zero-order valence-corrected chi connectivity index (χ0v) is 20.4. The second-order valence-corrected chi connectivity index (χ2v) is 10.6. The van der Waals surface area contributed by atoms with E-state index in [2.05, 4.69) is 36.9 Å². The van der Waals surface area contributed by atoms with Gasteiger partial charge in [-0.2, -0.15) is 0 Å². The highest BCUT2D eigenvalue weighted by molar-refractivity contribution is 9.10. The van der Waals surface area contributed by atoms with Crippen LogP contribution in [0.1, 0.15) is 24.4 Å². The fourth-order valence-corrected chi connectivity index (χ4v) is 6.15. The average Bonchev–Trinajstić information content (AvgIpc) is 3.49. The van der Waals surface area contributed by atoms with Crippen LogP contribution < -0.4 is 5.73 Å². The van der Waals surface area contributed by atoms with Gasteiger partial charge in [0.15, 0.2) is 0 Å². The van der Waals surface area contributed by atoms with Gasteiger partial charge < -0.3 is 25.3 Å². The molecule has 2 aliphatic rings. The lowest BCUT2D eigenvalue weighted by atomic mass is 9.80. The molecule has 4 N–H and O–H groups in total. The molecule has 176 valence electrons. The Morgan fingerprint density at radius 2 is 2.06 bits per heavy atom. The predicted molar refractivity (Wildman–Crippen MR) is 133 cm³/mol. The van der Waals surface area contributed by atoms with Gasteiger partial charge in [-0.05, 0) is 59.0 Å². The van der Waals surface area contributed by atoms with Crippen LogP contribution in [0.5, 0.6) is 0 Å². The maximum atomic E-state index is 11.1. The van der Waals surface area contributed by atoms with Gasteiger partial charge in [-0.25, -0.2) is 15.0 Å². The quantitative estimate of drug-likeness (QED) is 0.337. The van der Waals surface area contributed by atoms with E-state index in [0.29, 0.717) is 42.5 Å². The second-order valence-electron chi connectivity index (χ2n) is 9.42. The molecule has 2 fully saturated rings.